The fourth-order valence-corrected chi connectivity index (χ4v) is 3.87. The first-order valence-electron chi connectivity index (χ1n) is 8.02. The minimum absolute atomic E-state index is 0.0835. The van der Waals surface area contributed by atoms with Gasteiger partial charge in [-0.2, -0.15) is 0 Å². The van der Waals surface area contributed by atoms with E-state index in [4.69, 9.17) is 12.2 Å². The van der Waals surface area contributed by atoms with E-state index in [-0.39, 0.29) is 17.8 Å². The molecule has 1 atom stereocenters. The van der Waals surface area contributed by atoms with Crippen LogP contribution in [0.3, 0.4) is 0 Å². The van der Waals surface area contributed by atoms with Crippen molar-refractivity contribution in [2.45, 2.75) is 6.04 Å². The van der Waals surface area contributed by atoms with Gasteiger partial charge in [0.05, 0.1) is 6.04 Å². The Hall–Kier alpha value is -2.29. The van der Waals surface area contributed by atoms with E-state index in [2.05, 4.69) is 21.3 Å². The number of carbonyl (C=O) groups excluding carboxylic acids is 1. The van der Waals surface area contributed by atoms with Gasteiger partial charge in [0.2, 0.25) is 0 Å². The number of thiophene rings is 1. The quantitative estimate of drug-likeness (QED) is 0.630. The lowest BCUT2D eigenvalue weighted by Crippen LogP contribution is -2.35. The standard InChI is InChI=1S/C18H19FN4OS2/c1-22(2)14(16-4-3-9-26-16)10-20-17(24)15-11-21-18(25)23(15)13-7-5-12(19)6-8-13/h3-9,11,14H,10H2,1-2H3,(H,20,24)(H,21,25). The highest BCUT2D eigenvalue weighted by Crippen LogP contribution is 2.22. The van der Waals surface area contributed by atoms with Crippen LogP contribution in [-0.4, -0.2) is 41.0 Å². The van der Waals surface area contributed by atoms with Gasteiger partial charge in [-0.1, -0.05) is 6.07 Å². The smallest absolute Gasteiger partial charge is 0.269 e. The van der Waals surface area contributed by atoms with E-state index in [0.29, 0.717) is 22.7 Å². The largest absolute Gasteiger partial charge is 0.349 e. The van der Waals surface area contributed by atoms with Crippen LogP contribution in [0.15, 0.2) is 48.0 Å². The van der Waals surface area contributed by atoms with E-state index in [1.54, 1.807) is 34.2 Å². The van der Waals surface area contributed by atoms with Gasteiger partial charge in [0.15, 0.2) is 4.77 Å². The lowest BCUT2D eigenvalue weighted by atomic mass is 10.2. The first kappa shape index (κ1) is 18.5. The fourth-order valence-electron chi connectivity index (χ4n) is 2.68. The number of nitrogens with zero attached hydrogens (tertiary/aromatic N) is 2. The predicted molar refractivity (Wildman–Crippen MR) is 104 cm³/mol. The van der Waals surface area contributed by atoms with E-state index >= 15 is 0 Å². The molecule has 1 amide bonds. The maximum atomic E-state index is 13.2. The molecule has 0 saturated carbocycles. The summed E-state index contributed by atoms with van der Waals surface area (Å²) < 4.78 is 15.2. The van der Waals surface area contributed by atoms with Crippen LogP contribution in [0.2, 0.25) is 0 Å². The molecule has 3 rings (SSSR count). The number of aromatic nitrogens is 2. The Kier molecular flexibility index (Phi) is 5.65. The number of hydrogen-bond donors (Lipinski definition) is 2. The number of likely N-dealkylation sites (N-methyl/N-ethyl adjacent to an activating group) is 1. The Bertz CT molecular complexity index is 929. The molecule has 2 aromatic heterocycles. The maximum Gasteiger partial charge on any atom is 0.269 e. The topological polar surface area (TPSA) is 53.1 Å². The van der Waals surface area contributed by atoms with Crippen molar-refractivity contribution in [3.63, 3.8) is 0 Å². The lowest BCUT2D eigenvalue weighted by molar-refractivity contribution is 0.0935. The second-order valence-corrected chi connectivity index (χ2v) is 7.36. The van der Waals surface area contributed by atoms with Crippen molar-refractivity contribution >= 4 is 29.5 Å². The summed E-state index contributed by atoms with van der Waals surface area (Å²) in [4.78, 5) is 18.9. The van der Waals surface area contributed by atoms with Gasteiger partial charge >= 0.3 is 0 Å². The van der Waals surface area contributed by atoms with Crippen molar-refractivity contribution in [2.75, 3.05) is 20.6 Å². The average molecular weight is 391 g/mol. The molecule has 0 aliphatic heterocycles. The molecule has 1 unspecified atom stereocenters. The molecule has 0 spiro atoms. The minimum atomic E-state index is -0.341. The molecule has 3 aromatic rings. The van der Waals surface area contributed by atoms with Crippen LogP contribution < -0.4 is 5.32 Å². The monoisotopic (exact) mass is 390 g/mol. The summed E-state index contributed by atoms with van der Waals surface area (Å²) >= 11 is 6.93. The number of amides is 1. The Balaban J connectivity index is 1.80. The first-order valence-corrected chi connectivity index (χ1v) is 9.30. The highest BCUT2D eigenvalue weighted by Gasteiger charge is 2.19. The molecule has 0 saturated heterocycles. The Morgan fingerprint density at radius 2 is 2.08 bits per heavy atom. The molecule has 2 heterocycles. The van der Waals surface area contributed by atoms with Gasteiger partial charge < -0.3 is 15.2 Å². The van der Waals surface area contributed by atoms with Gasteiger partial charge in [-0.15, -0.1) is 11.3 Å². The number of rotatable bonds is 6. The van der Waals surface area contributed by atoms with Gasteiger partial charge in [0, 0.05) is 23.3 Å². The molecular formula is C18H19FN4OS2. The molecule has 0 radical (unpaired) electrons. The second-order valence-electron chi connectivity index (χ2n) is 6.00. The molecular weight excluding hydrogens is 371 g/mol. The van der Waals surface area contributed by atoms with Gasteiger partial charge in [-0.05, 0) is 62.0 Å². The third-order valence-corrected chi connectivity index (χ3v) is 5.32. The van der Waals surface area contributed by atoms with Gasteiger partial charge in [-0.25, -0.2) is 4.39 Å². The molecule has 5 nitrogen and oxygen atoms in total. The van der Waals surface area contributed by atoms with Gasteiger partial charge in [0.1, 0.15) is 11.5 Å². The number of H-pyrrole nitrogens is 1. The van der Waals surface area contributed by atoms with Crippen molar-refractivity contribution in [2.24, 2.45) is 0 Å². The van der Waals surface area contributed by atoms with Crippen LogP contribution in [0, 0.1) is 10.6 Å². The van der Waals surface area contributed by atoms with Crippen molar-refractivity contribution in [3.05, 3.63) is 69.1 Å². The molecule has 1 aromatic carbocycles. The van der Waals surface area contributed by atoms with Crippen LogP contribution in [0.1, 0.15) is 21.4 Å². The van der Waals surface area contributed by atoms with Crippen LogP contribution in [0.5, 0.6) is 0 Å². The molecule has 26 heavy (non-hydrogen) atoms. The number of carbonyl (C=O) groups is 1. The third kappa shape index (κ3) is 3.92. The number of nitrogens with one attached hydrogen (secondary N) is 2. The molecule has 0 bridgehead atoms. The predicted octanol–water partition coefficient (Wildman–Crippen LogP) is 3.77. The van der Waals surface area contributed by atoms with Crippen molar-refractivity contribution in [1.29, 1.82) is 0 Å². The van der Waals surface area contributed by atoms with Gasteiger partial charge in [-0.3, -0.25) is 9.36 Å². The molecule has 136 valence electrons. The molecule has 0 aliphatic carbocycles. The number of halogens is 1. The first-order chi connectivity index (χ1) is 12.5. The summed E-state index contributed by atoms with van der Waals surface area (Å²) in [5.41, 5.74) is 1.01. The number of hydrogen-bond acceptors (Lipinski definition) is 4. The summed E-state index contributed by atoms with van der Waals surface area (Å²) in [7, 11) is 3.96. The zero-order chi connectivity index (χ0) is 18.7. The fraction of sp³-hybridized carbons (Fsp3) is 0.222. The van der Waals surface area contributed by atoms with Crippen LogP contribution >= 0.6 is 23.6 Å². The Morgan fingerprint density at radius 3 is 2.69 bits per heavy atom. The van der Waals surface area contributed by atoms with Crippen molar-refractivity contribution in [1.82, 2.24) is 19.8 Å². The second kappa shape index (κ2) is 7.94. The maximum absolute atomic E-state index is 13.2. The minimum Gasteiger partial charge on any atom is -0.349 e. The van der Waals surface area contributed by atoms with Crippen LogP contribution in [-0.2, 0) is 0 Å². The van der Waals surface area contributed by atoms with Crippen molar-refractivity contribution < 1.29 is 9.18 Å². The van der Waals surface area contributed by atoms with E-state index in [1.807, 2.05) is 25.5 Å². The Morgan fingerprint density at radius 1 is 1.35 bits per heavy atom. The van der Waals surface area contributed by atoms with Gasteiger partial charge in [0.25, 0.3) is 5.91 Å². The summed E-state index contributed by atoms with van der Waals surface area (Å²) in [6, 6.07) is 9.98. The SMILES string of the molecule is CN(C)C(CNC(=O)c1c[nH]c(=S)n1-c1ccc(F)cc1)c1cccs1. The van der Waals surface area contributed by atoms with Crippen molar-refractivity contribution in [3.8, 4) is 5.69 Å². The Labute approximate surface area is 160 Å². The van der Waals surface area contributed by atoms with E-state index < -0.39 is 0 Å². The highest BCUT2D eigenvalue weighted by molar-refractivity contribution is 7.71. The summed E-state index contributed by atoms with van der Waals surface area (Å²) in [6.45, 7) is 0.466. The molecule has 2 N–H and O–H groups in total. The summed E-state index contributed by atoms with van der Waals surface area (Å²) in [5.74, 6) is -0.586. The molecule has 0 fully saturated rings. The summed E-state index contributed by atoms with van der Waals surface area (Å²) in [5, 5.41) is 4.99. The zero-order valence-corrected chi connectivity index (χ0v) is 16.0. The number of aromatic amines is 1. The van der Waals surface area contributed by atoms with Crippen LogP contribution in [0.25, 0.3) is 5.69 Å². The highest BCUT2D eigenvalue weighted by atomic mass is 32.1. The van der Waals surface area contributed by atoms with E-state index in [1.165, 1.54) is 17.0 Å². The molecule has 0 aliphatic rings. The van der Waals surface area contributed by atoms with E-state index in [9.17, 15) is 9.18 Å². The van der Waals surface area contributed by atoms with E-state index in [0.717, 1.165) is 0 Å². The zero-order valence-electron chi connectivity index (χ0n) is 14.4. The average Bonchev–Trinajstić information content (AvgIpc) is 3.25. The number of imidazole rings is 1. The van der Waals surface area contributed by atoms with Crippen LogP contribution in [0.4, 0.5) is 4.39 Å². The lowest BCUT2D eigenvalue weighted by Gasteiger charge is -2.23. The summed E-state index contributed by atoms with van der Waals surface area (Å²) in [6.07, 6.45) is 1.57. The normalized spacial score (nSPS) is 12.3. The third-order valence-electron chi connectivity index (χ3n) is 4.04. The molecule has 8 heteroatoms. The number of benzene rings is 1.